The number of ether oxygens (including phenoxy) is 1. The summed E-state index contributed by atoms with van der Waals surface area (Å²) in [4.78, 5) is 41.9. The highest BCUT2D eigenvalue weighted by molar-refractivity contribution is 5.99. The molecular weight excluding hydrogens is 410 g/mol. The zero-order chi connectivity index (χ0) is 24.2. The van der Waals surface area contributed by atoms with E-state index in [1.807, 2.05) is 27.7 Å². The molecule has 3 aliphatic heterocycles. The Kier molecular flexibility index (Phi) is 6.46. The Morgan fingerprint density at radius 3 is 2.34 bits per heavy atom. The molecule has 32 heavy (non-hydrogen) atoms. The number of fused-ring (bicyclic) bond motifs is 1. The summed E-state index contributed by atoms with van der Waals surface area (Å²) in [6.45, 7) is 13.9. The lowest BCUT2D eigenvalue weighted by molar-refractivity contribution is -0.147. The molecule has 182 valence electrons. The fourth-order valence-corrected chi connectivity index (χ4v) is 6.61. The minimum atomic E-state index is -1.04. The molecule has 3 aliphatic rings. The summed E-state index contributed by atoms with van der Waals surface area (Å²) in [6, 6.07) is -1.41. The molecular formula is C24H41N3O5. The lowest BCUT2D eigenvalue weighted by Gasteiger charge is -2.41. The van der Waals surface area contributed by atoms with Crippen molar-refractivity contribution in [1.29, 1.82) is 0 Å². The molecule has 3 N–H and O–H groups in total. The van der Waals surface area contributed by atoms with E-state index in [1.165, 1.54) is 4.90 Å². The van der Waals surface area contributed by atoms with Crippen LogP contribution >= 0.6 is 0 Å². The number of nitrogens with one attached hydrogen (secondary N) is 2. The second-order valence-corrected chi connectivity index (χ2v) is 12.0. The zero-order valence-corrected chi connectivity index (χ0v) is 20.8. The molecule has 3 heterocycles. The Balaban J connectivity index is 2.03. The number of carbonyl (C=O) groups excluding carboxylic acids is 3. The summed E-state index contributed by atoms with van der Waals surface area (Å²) in [6.07, 6.45) is 1.57. The van der Waals surface area contributed by atoms with E-state index in [-0.39, 0.29) is 41.8 Å². The van der Waals surface area contributed by atoms with Gasteiger partial charge in [0, 0.05) is 12.6 Å². The number of hydrogen-bond donors (Lipinski definition) is 3. The largest absolute Gasteiger partial charge is 0.394 e. The normalized spacial score (nSPS) is 32.9. The van der Waals surface area contributed by atoms with Gasteiger partial charge < -0.3 is 25.4 Å². The first-order valence-corrected chi connectivity index (χ1v) is 11.8. The maximum Gasteiger partial charge on any atom is 0.246 e. The lowest BCUT2D eigenvalue weighted by Crippen LogP contribution is -2.61. The molecule has 0 aromatic heterocycles. The topological polar surface area (TPSA) is 108 Å². The Morgan fingerprint density at radius 2 is 1.84 bits per heavy atom. The number of amides is 3. The molecule has 0 aliphatic carbocycles. The molecule has 6 atom stereocenters. The van der Waals surface area contributed by atoms with Crippen molar-refractivity contribution in [3.05, 3.63) is 0 Å². The molecule has 0 saturated carbocycles. The quantitative estimate of drug-likeness (QED) is 0.543. The zero-order valence-electron chi connectivity index (χ0n) is 20.8. The summed E-state index contributed by atoms with van der Waals surface area (Å²) >= 11 is 0. The highest BCUT2D eigenvalue weighted by Gasteiger charge is 2.75. The van der Waals surface area contributed by atoms with Crippen LogP contribution in [0.5, 0.6) is 0 Å². The Labute approximate surface area is 191 Å². The van der Waals surface area contributed by atoms with Gasteiger partial charge >= 0.3 is 0 Å². The number of aliphatic hydroxyl groups excluding tert-OH is 1. The van der Waals surface area contributed by atoms with E-state index in [1.54, 1.807) is 7.05 Å². The molecule has 8 heteroatoms. The smallest absolute Gasteiger partial charge is 0.246 e. The lowest BCUT2D eigenvalue weighted by atomic mass is 9.70. The van der Waals surface area contributed by atoms with E-state index in [4.69, 9.17) is 4.74 Å². The minimum absolute atomic E-state index is 0.000965. The third kappa shape index (κ3) is 4.04. The number of hydrogen-bond acceptors (Lipinski definition) is 5. The summed E-state index contributed by atoms with van der Waals surface area (Å²) in [7, 11) is 1.56. The van der Waals surface area contributed by atoms with Crippen molar-refractivity contribution in [2.24, 2.45) is 23.2 Å². The van der Waals surface area contributed by atoms with Crippen LogP contribution in [0.1, 0.15) is 67.7 Å². The first kappa shape index (κ1) is 25.0. The molecule has 3 fully saturated rings. The number of nitrogens with zero attached hydrogens (tertiary/aromatic N) is 1. The summed E-state index contributed by atoms with van der Waals surface area (Å²) in [5, 5.41) is 16.0. The Morgan fingerprint density at radius 1 is 1.22 bits per heavy atom. The van der Waals surface area contributed by atoms with Crippen molar-refractivity contribution in [3.8, 4) is 0 Å². The van der Waals surface area contributed by atoms with Gasteiger partial charge in [-0.3, -0.25) is 14.4 Å². The van der Waals surface area contributed by atoms with Gasteiger partial charge in [-0.15, -0.1) is 0 Å². The van der Waals surface area contributed by atoms with Crippen molar-refractivity contribution in [2.45, 2.75) is 97.1 Å². The number of likely N-dealkylation sites (tertiary alicyclic amines) is 1. The first-order chi connectivity index (χ1) is 14.7. The molecule has 3 saturated heterocycles. The predicted molar refractivity (Wildman–Crippen MR) is 121 cm³/mol. The molecule has 3 amide bonds. The first-order valence-electron chi connectivity index (χ1n) is 11.8. The molecule has 0 aromatic rings. The Hall–Kier alpha value is -1.67. The second kappa shape index (κ2) is 8.28. The SMILES string of the molecule is CNC(=O)[C@@H]1[C@H]2C(=O)N([C@@H](CO)C(C)C)C(C(=O)NC(C)(C)CC(C)(C)C)C23CC[C@H]1O3. The summed E-state index contributed by atoms with van der Waals surface area (Å²) < 4.78 is 6.38. The fraction of sp³-hybridized carbons (Fsp3) is 0.875. The van der Waals surface area contributed by atoms with Gasteiger partial charge in [-0.05, 0) is 44.4 Å². The third-order valence-corrected chi connectivity index (χ3v) is 7.28. The van der Waals surface area contributed by atoms with Gasteiger partial charge in [0.05, 0.1) is 30.6 Å². The van der Waals surface area contributed by atoms with Gasteiger partial charge in [0.25, 0.3) is 0 Å². The number of aliphatic hydroxyl groups is 1. The van der Waals surface area contributed by atoms with Gasteiger partial charge in [-0.1, -0.05) is 34.6 Å². The van der Waals surface area contributed by atoms with Crippen molar-refractivity contribution in [3.63, 3.8) is 0 Å². The van der Waals surface area contributed by atoms with E-state index < -0.39 is 35.1 Å². The molecule has 8 nitrogen and oxygen atoms in total. The van der Waals surface area contributed by atoms with Crippen LogP contribution in [-0.2, 0) is 19.1 Å². The van der Waals surface area contributed by atoms with Gasteiger partial charge in [0.15, 0.2) is 0 Å². The fourth-order valence-electron chi connectivity index (χ4n) is 6.61. The van der Waals surface area contributed by atoms with Crippen LogP contribution in [0, 0.1) is 23.2 Å². The van der Waals surface area contributed by atoms with E-state index in [0.717, 1.165) is 6.42 Å². The van der Waals surface area contributed by atoms with E-state index in [0.29, 0.717) is 12.8 Å². The standard InChI is InChI=1S/C24H41N3O5/c1-13(2)14(11-28)27-18(20(30)26-23(6,7)12-22(3,4)5)24-10-9-15(32-24)16(19(29)25-8)17(24)21(27)31/h13-18,28H,9-12H2,1-8H3,(H,25,29)(H,26,30)/t14-,15+,16-,17-,18?,24?/m0/s1. The third-order valence-electron chi connectivity index (χ3n) is 7.28. The Bertz CT molecular complexity index is 774. The predicted octanol–water partition coefficient (Wildman–Crippen LogP) is 1.45. The molecule has 2 bridgehead atoms. The van der Waals surface area contributed by atoms with Crippen LogP contribution in [0.25, 0.3) is 0 Å². The highest BCUT2D eigenvalue weighted by Crippen LogP contribution is 2.59. The van der Waals surface area contributed by atoms with Gasteiger partial charge in [-0.25, -0.2) is 0 Å². The monoisotopic (exact) mass is 451 g/mol. The molecule has 2 unspecified atom stereocenters. The summed E-state index contributed by atoms with van der Waals surface area (Å²) in [5.41, 5.74) is -1.54. The summed E-state index contributed by atoms with van der Waals surface area (Å²) in [5.74, 6) is -2.15. The second-order valence-electron chi connectivity index (χ2n) is 12.0. The molecule has 0 aromatic carbocycles. The average Bonchev–Trinajstić information content (AvgIpc) is 3.27. The van der Waals surface area contributed by atoms with E-state index in [9.17, 15) is 19.5 Å². The van der Waals surface area contributed by atoms with Crippen LogP contribution < -0.4 is 10.6 Å². The van der Waals surface area contributed by atoms with Crippen LogP contribution in [0.15, 0.2) is 0 Å². The van der Waals surface area contributed by atoms with Crippen LogP contribution in [-0.4, -0.2) is 70.7 Å². The van der Waals surface area contributed by atoms with Crippen LogP contribution in [0.4, 0.5) is 0 Å². The van der Waals surface area contributed by atoms with E-state index in [2.05, 4.69) is 31.4 Å². The average molecular weight is 452 g/mol. The van der Waals surface area contributed by atoms with Crippen molar-refractivity contribution in [2.75, 3.05) is 13.7 Å². The van der Waals surface area contributed by atoms with Crippen molar-refractivity contribution >= 4 is 17.7 Å². The van der Waals surface area contributed by atoms with Crippen molar-refractivity contribution < 1.29 is 24.2 Å². The van der Waals surface area contributed by atoms with Gasteiger partial charge in [0.1, 0.15) is 11.6 Å². The molecule has 0 radical (unpaired) electrons. The van der Waals surface area contributed by atoms with Gasteiger partial charge in [-0.2, -0.15) is 0 Å². The maximum absolute atomic E-state index is 13.8. The van der Waals surface area contributed by atoms with Crippen LogP contribution in [0.2, 0.25) is 0 Å². The maximum atomic E-state index is 13.8. The highest BCUT2D eigenvalue weighted by atomic mass is 16.5. The number of rotatable bonds is 7. The molecule has 1 spiro atoms. The van der Waals surface area contributed by atoms with Gasteiger partial charge in [0.2, 0.25) is 17.7 Å². The minimum Gasteiger partial charge on any atom is -0.394 e. The van der Waals surface area contributed by atoms with E-state index >= 15 is 0 Å². The molecule has 3 rings (SSSR count). The number of carbonyl (C=O) groups is 3. The van der Waals surface area contributed by atoms with Crippen LogP contribution in [0.3, 0.4) is 0 Å². The van der Waals surface area contributed by atoms with Crippen molar-refractivity contribution in [1.82, 2.24) is 15.5 Å².